The van der Waals surface area contributed by atoms with E-state index in [1.54, 1.807) is 24.5 Å². The number of rotatable bonds is 3. The molecule has 7 nitrogen and oxygen atoms in total. The fourth-order valence-corrected chi connectivity index (χ4v) is 2.82. The van der Waals surface area contributed by atoms with E-state index in [1.807, 2.05) is 4.57 Å². The van der Waals surface area contributed by atoms with Crippen molar-refractivity contribution in [3.05, 3.63) is 46.0 Å². The van der Waals surface area contributed by atoms with Gasteiger partial charge >= 0.3 is 0 Å². The molecule has 3 rings (SSSR count). The lowest BCUT2D eigenvalue weighted by atomic mass is 10.1. The number of non-ortho nitro benzene ring substituents is 1. The molecule has 0 radical (unpaired) electrons. The monoisotopic (exact) mass is 337 g/mol. The number of fused-ring (bicyclic) bond motifs is 1. The van der Waals surface area contributed by atoms with Crippen LogP contribution in [-0.2, 0) is 18.4 Å². The predicted molar refractivity (Wildman–Crippen MR) is 76.8 cm³/mol. The molecule has 104 valence electrons. The number of nitrogens with zero attached hydrogens (tertiary/aromatic N) is 5. The molecule has 0 spiro atoms. The van der Waals surface area contributed by atoms with Gasteiger partial charge < -0.3 is 9.47 Å². The van der Waals surface area contributed by atoms with E-state index in [1.165, 1.54) is 0 Å². The highest BCUT2D eigenvalue weighted by Gasteiger charge is 2.21. The average molecular weight is 338 g/mol. The lowest BCUT2D eigenvalue weighted by Gasteiger charge is -2.30. The van der Waals surface area contributed by atoms with Gasteiger partial charge in [-0.3, -0.25) is 10.1 Å². The highest BCUT2D eigenvalue weighted by molar-refractivity contribution is 9.08. The van der Waals surface area contributed by atoms with E-state index >= 15 is 0 Å². The molecule has 1 aromatic carbocycles. The van der Waals surface area contributed by atoms with E-state index in [-0.39, 0.29) is 10.6 Å². The van der Waals surface area contributed by atoms with Gasteiger partial charge in [0.25, 0.3) is 5.69 Å². The third kappa shape index (κ3) is 2.26. The maximum Gasteiger partial charge on any atom is 0.269 e. The Morgan fingerprint density at radius 1 is 1.40 bits per heavy atom. The Labute approximate surface area is 123 Å². The molecule has 8 heteroatoms. The van der Waals surface area contributed by atoms with Crippen molar-refractivity contribution >= 4 is 27.3 Å². The fourth-order valence-electron chi connectivity index (χ4n) is 2.37. The number of alkyl halides is 1. The molecular formula is C12H12BrN5O2. The molecular weight excluding hydrogens is 326 g/mol. The molecule has 2 aromatic rings. The van der Waals surface area contributed by atoms with Crippen molar-refractivity contribution < 1.29 is 4.92 Å². The van der Waals surface area contributed by atoms with Gasteiger partial charge in [0.2, 0.25) is 0 Å². The summed E-state index contributed by atoms with van der Waals surface area (Å²) in [4.78, 5) is 12.6. The normalized spacial score (nSPS) is 14.2. The summed E-state index contributed by atoms with van der Waals surface area (Å²) in [7, 11) is 0. The summed E-state index contributed by atoms with van der Waals surface area (Å²) < 4.78 is 2.02. The summed E-state index contributed by atoms with van der Waals surface area (Å²) in [6.45, 7) is 2.32. The van der Waals surface area contributed by atoms with E-state index in [9.17, 15) is 10.1 Å². The Hall–Kier alpha value is -1.96. The van der Waals surface area contributed by atoms with E-state index < -0.39 is 0 Å². The van der Waals surface area contributed by atoms with Crippen LogP contribution in [0.3, 0.4) is 0 Å². The molecule has 1 aliphatic heterocycles. The van der Waals surface area contributed by atoms with Crippen LogP contribution in [0.2, 0.25) is 0 Å². The third-order valence-electron chi connectivity index (χ3n) is 3.40. The first-order chi connectivity index (χ1) is 9.69. The number of hydrogen-bond acceptors (Lipinski definition) is 5. The maximum atomic E-state index is 10.8. The molecule has 0 fully saturated rings. The summed E-state index contributed by atoms with van der Waals surface area (Å²) in [5, 5.41) is 19.4. The summed E-state index contributed by atoms with van der Waals surface area (Å²) in [5.74, 6) is 0.912. The highest BCUT2D eigenvalue weighted by Crippen LogP contribution is 2.29. The van der Waals surface area contributed by atoms with Crippen molar-refractivity contribution in [2.75, 3.05) is 11.4 Å². The summed E-state index contributed by atoms with van der Waals surface area (Å²) in [6.07, 6.45) is 1.73. The number of nitro benzene ring substituents is 1. The summed E-state index contributed by atoms with van der Waals surface area (Å²) >= 11 is 3.40. The van der Waals surface area contributed by atoms with Crippen molar-refractivity contribution in [2.45, 2.75) is 18.4 Å². The van der Waals surface area contributed by atoms with Gasteiger partial charge in [-0.25, -0.2) is 0 Å². The average Bonchev–Trinajstić information content (AvgIpc) is 2.93. The lowest BCUT2D eigenvalue weighted by molar-refractivity contribution is -0.384. The van der Waals surface area contributed by atoms with Crippen molar-refractivity contribution in [3.63, 3.8) is 0 Å². The van der Waals surface area contributed by atoms with Gasteiger partial charge in [0.05, 0.1) is 11.5 Å². The molecule has 0 bridgehead atoms. The third-order valence-corrected chi connectivity index (χ3v) is 4.00. The van der Waals surface area contributed by atoms with Crippen molar-refractivity contribution in [1.82, 2.24) is 14.8 Å². The Balaban J connectivity index is 1.93. The van der Waals surface area contributed by atoms with Gasteiger partial charge in [-0.1, -0.05) is 15.9 Å². The lowest BCUT2D eigenvalue weighted by Crippen LogP contribution is -2.34. The van der Waals surface area contributed by atoms with Gasteiger partial charge in [-0.2, -0.15) is 0 Å². The van der Waals surface area contributed by atoms with Gasteiger partial charge in [-0.05, 0) is 11.6 Å². The Morgan fingerprint density at radius 2 is 2.25 bits per heavy atom. The van der Waals surface area contributed by atoms with Crippen LogP contribution in [0.1, 0.15) is 11.4 Å². The minimum Gasteiger partial charge on any atom is -0.362 e. The number of halogens is 1. The van der Waals surface area contributed by atoms with Crippen LogP contribution in [0, 0.1) is 10.1 Å². The van der Waals surface area contributed by atoms with E-state index in [0.717, 1.165) is 30.2 Å². The van der Waals surface area contributed by atoms with Crippen LogP contribution in [0.25, 0.3) is 0 Å². The number of nitro groups is 1. The van der Waals surface area contributed by atoms with Crippen LogP contribution >= 0.6 is 15.9 Å². The second kappa shape index (κ2) is 5.20. The van der Waals surface area contributed by atoms with Crippen LogP contribution in [0.5, 0.6) is 0 Å². The van der Waals surface area contributed by atoms with Crippen molar-refractivity contribution in [2.24, 2.45) is 0 Å². The number of hydrogen-bond donors (Lipinski definition) is 0. The van der Waals surface area contributed by atoms with E-state index in [0.29, 0.717) is 11.9 Å². The SMILES string of the molecule is O=[N+]([O-])c1ccc(N2CCn3cnnc3C2)c(CBr)c1. The highest BCUT2D eigenvalue weighted by atomic mass is 79.9. The fraction of sp³-hybridized carbons (Fsp3) is 0.333. The first kappa shape index (κ1) is 13.0. The minimum absolute atomic E-state index is 0.114. The number of benzene rings is 1. The van der Waals surface area contributed by atoms with E-state index in [2.05, 4.69) is 31.0 Å². The largest absolute Gasteiger partial charge is 0.362 e. The first-order valence-corrected chi connectivity index (χ1v) is 7.26. The zero-order valence-corrected chi connectivity index (χ0v) is 12.2. The smallest absolute Gasteiger partial charge is 0.269 e. The topological polar surface area (TPSA) is 77.1 Å². The van der Waals surface area contributed by atoms with Gasteiger partial charge in [0.15, 0.2) is 5.82 Å². The van der Waals surface area contributed by atoms with Gasteiger partial charge in [0.1, 0.15) is 6.33 Å². The predicted octanol–water partition coefficient (Wildman–Crippen LogP) is 2.10. The Kier molecular flexibility index (Phi) is 3.39. The number of aromatic nitrogens is 3. The molecule has 1 aromatic heterocycles. The van der Waals surface area contributed by atoms with Gasteiger partial charge in [-0.15, -0.1) is 10.2 Å². The molecule has 0 atom stereocenters. The van der Waals surface area contributed by atoms with Gasteiger partial charge in [0, 0.05) is 36.2 Å². The van der Waals surface area contributed by atoms with Crippen LogP contribution < -0.4 is 4.90 Å². The molecule has 0 N–H and O–H groups in total. The summed E-state index contributed by atoms with van der Waals surface area (Å²) in [5.41, 5.74) is 2.03. The van der Waals surface area contributed by atoms with Crippen molar-refractivity contribution in [1.29, 1.82) is 0 Å². The first-order valence-electron chi connectivity index (χ1n) is 6.14. The standard InChI is InChI=1S/C12H12BrN5O2/c13-6-9-5-10(18(19)20)1-2-11(9)16-3-4-17-8-14-15-12(17)7-16/h1-2,5,8H,3-4,6-7H2. The molecule has 0 amide bonds. The van der Waals surface area contributed by atoms with Crippen LogP contribution in [-0.4, -0.2) is 26.2 Å². The second-order valence-electron chi connectivity index (χ2n) is 4.57. The molecule has 0 saturated heterocycles. The molecule has 2 heterocycles. The molecule has 0 aliphatic carbocycles. The van der Waals surface area contributed by atoms with Crippen LogP contribution in [0.4, 0.5) is 11.4 Å². The van der Waals surface area contributed by atoms with Crippen molar-refractivity contribution in [3.8, 4) is 0 Å². The Morgan fingerprint density at radius 3 is 3.00 bits per heavy atom. The maximum absolute atomic E-state index is 10.8. The molecule has 0 saturated carbocycles. The molecule has 1 aliphatic rings. The van der Waals surface area contributed by atoms with E-state index in [4.69, 9.17) is 0 Å². The quantitative estimate of drug-likeness (QED) is 0.487. The molecule has 0 unspecified atom stereocenters. The second-order valence-corrected chi connectivity index (χ2v) is 5.13. The molecule has 20 heavy (non-hydrogen) atoms. The summed E-state index contributed by atoms with van der Waals surface area (Å²) in [6, 6.07) is 4.96. The zero-order chi connectivity index (χ0) is 14.1. The Bertz CT molecular complexity index is 657. The minimum atomic E-state index is -0.372. The van der Waals surface area contributed by atoms with Crippen LogP contribution in [0.15, 0.2) is 24.5 Å². The zero-order valence-electron chi connectivity index (χ0n) is 10.6. The number of anilines is 1.